The fourth-order valence-electron chi connectivity index (χ4n) is 2.10. The SMILES string of the molecule is CN(C)C(=O)CN=C(NCCCCC(F)(F)F)NCC1CCOC1. The second-order valence-corrected chi connectivity index (χ2v) is 6.06. The Hall–Kier alpha value is -1.51. The standard InChI is InChI=1S/C15H27F3N4O2/c1-22(2)13(23)10-21-14(20-9-12-5-8-24-11-12)19-7-4-3-6-15(16,17)18/h12H,3-11H2,1-2H3,(H2,19,20,21). The molecular formula is C15H27F3N4O2. The summed E-state index contributed by atoms with van der Waals surface area (Å²) < 4.78 is 41.6. The molecular weight excluding hydrogens is 325 g/mol. The third-order valence-electron chi connectivity index (χ3n) is 3.63. The molecule has 1 saturated heterocycles. The molecule has 0 saturated carbocycles. The molecule has 0 aromatic carbocycles. The normalized spacial score (nSPS) is 18.5. The van der Waals surface area contributed by atoms with Gasteiger partial charge in [-0.15, -0.1) is 0 Å². The Bertz CT molecular complexity index is 408. The molecule has 2 N–H and O–H groups in total. The van der Waals surface area contributed by atoms with Crippen LogP contribution in [-0.2, 0) is 9.53 Å². The van der Waals surface area contributed by atoms with E-state index in [1.54, 1.807) is 14.1 Å². The van der Waals surface area contributed by atoms with Gasteiger partial charge in [0.2, 0.25) is 5.91 Å². The van der Waals surface area contributed by atoms with Gasteiger partial charge in [-0.05, 0) is 19.3 Å². The average Bonchev–Trinajstić information content (AvgIpc) is 3.00. The van der Waals surface area contributed by atoms with Crippen molar-refractivity contribution >= 4 is 11.9 Å². The van der Waals surface area contributed by atoms with Crippen molar-refractivity contribution in [2.45, 2.75) is 31.9 Å². The molecule has 1 heterocycles. The number of hydrogen-bond donors (Lipinski definition) is 2. The van der Waals surface area contributed by atoms with Crippen molar-refractivity contribution < 1.29 is 22.7 Å². The van der Waals surface area contributed by atoms with Crippen molar-refractivity contribution in [2.75, 3.05) is 46.9 Å². The van der Waals surface area contributed by atoms with Gasteiger partial charge in [-0.25, -0.2) is 4.99 Å². The monoisotopic (exact) mass is 352 g/mol. The highest BCUT2D eigenvalue weighted by molar-refractivity contribution is 5.84. The van der Waals surface area contributed by atoms with Gasteiger partial charge in [-0.1, -0.05) is 0 Å². The quantitative estimate of drug-likeness (QED) is 0.394. The molecule has 1 rings (SSSR count). The number of amides is 1. The summed E-state index contributed by atoms with van der Waals surface area (Å²) in [5.74, 6) is 0.688. The van der Waals surface area contributed by atoms with E-state index in [4.69, 9.17) is 4.74 Å². The van der Waals surface area contributed by atoms with E-state index in [1.165, 1.54) is 4.90 Å². The van der Waals surface area contributed by atoms with Crippen molar-refractivity contribution in [2.24, 2.45) is 10.9 Å². The van der Waals surface area contributed by atoms with E-state index >= 15 is 0 Å². The minimum atomic E-state index is -4.12. The van der Waals surface area contributed by atoms with Crippen LogP contribution in [0.25, 0.3) is 0 Å². The second kappa shape index (κ2) is 10.4. The van der Waals surface area contributed by atoms with Gasteiger partial charge >= 0.3 is 6.18 Å². The molecule has 6 nitrogen and oxygen atoms in total. The van der Waals surface area contributed by atoms with Crippen LogP contribution in [-0.4, -0.2) is 69.9 Å². The van der Waals surface area contributed by atoms with Crippen molar-refractivity contribution in [1.82, 2.24) is 15.5 Å². The van der Waals surface area contributed by atoms with Gasteiger partial charge in [-0.2, -0.15) is 13.2 Å². The molecule has 0 bridgehead atoms. The van der Waals surface area contributed by atoms with Crippen LogP contribution in [0.15, 0.2) is 4.99 Å². The lowest BCUT2D eigenvalue weighted by molar-refractivity contribution is -0.135. The van der Waals surface area contributed by atoms with Gasteiger partial charge in [0.1, 0.15) is 6.54 Å². The van der Waals surface area contributed by atoms with Crippen molar-refractivity contribution in [1.29, 1.82) is 0 Å². The van der Waals surface area contributed by atoms with Gasteiger partial charge < -0.3 is 20.3 Å². The predicted octanol–water partition coefficient (Wildman–Crippen LogP) is 1.38. The maximum Gasteiger partial charge on any atom is 0.389 e. The minimum Gasteiger partial charge on any atom is -0.381 e. The number of nitrogens with one attached hydrogen (secondary N) is 2. The highest BCUT2D eigenvalue weighted by Crippen LogP contribution is 2.21. The van der Waals surface area contributed by atoms with Crippen molar-refractivity contribution in [3.8, 4) is 0 Å². The first-order valence-corrected chi connectivity index (χ1v) is 8.15. The summed E-state index contributed by atoms with van der Waals surface area (Å²) in [5, 5.41) is 6.11. The number of halogens is 3. The predicted molar refractivity (Wildman–Crippen MR) is 85.8 cm³/mol. The number of carbonyl (C=O) groups is 1. The summed E-state index contributed by atoms with van der Waals surface area (Å²) in [4.78, 5) is 17.2. The summed E-state index contributed by atoms with van der Waals surface area (Å²) in [7, 11) is 3.29. The lowest BCUT2D eigenvalue weighted by atomic mass is 10.1. The average molecular weight is 352 g/mol. The summed E-state index contributed by atoms with van der Waals surface area (Å²) in [6.45, 7) is 2.45. The molecule has 0 aromatic heterocycles. The van der Waals surface area contributed by atoms with Crippen LogP contribution < -0.4 is 10.6 Å². The maximum atomic E-state index is 12.1. The summed E-state index contributed by atoms with van der Waals surface area (Å²) in [6, 6.07) is 0. The number of carbonyl (C=O) groups excluding carboxylic acids is 1. The number of rotatable bonds is 8. The molecule has 1 atom stereocenters. The molecule has 1 fully saturated rings. The first kappa shape index (κ1) is 20.5. The molecule has 0 aromatic rings. The van der Waals surface area contributed by atoms with Crippen LogP contribution in [0.4, 0.5) is 13.2 Å². The number of hydrogen-bond acceptors (Lipinski definition) is 3. The number of unbranched alkanes of at least 4 members (excludes halogenated alkanes) is 1. The van der Waals surface area contributed by atoms with Crippen molar-refractivity contribution in [3.63, 3.8) is 0 Å². The lowest BCUT2D eigenvalue weighted by Crippen LogP contribution is -2.41. The summed E-state index contributed by atoms with van der Waals surface area (Å²) in [6.07, 6.45) is -3.49. The number of aliphatic imine (C=N–C) groups is 1. The molecule has 9 heteroatoms. The molecule has 0 aliphatic carbocycles. The second-order valence-electron chi connectivity index (χ2n) is 6.06. The smallest absolute Gasteiger partial charge is 0.381 e. The summed E-state index contributed by atoms with van der Waals surface area (Å²) >= 11 is 0. The van der Waals surface area contributed by atoms with Crippen LogP contribution in [0.5, 0.6) is 0 Å². The zero-order valence-electron chi connectivity index (χ0n) is 14.3. The molecule has 0 spiro atoms. The van der Waals surface area contributed by atoms with Gasteiger partial charge in [-0.3, -0.25) is 4.79 Å². The Morgan fingerprint density at radius 3 is 2.62 bits per heavy atom. The zero-order chi connectivity index (χ0) is 18.0. The highest BCUT2D eigenvalue weighted by atomic mass is 19.4. The van der Waals surface area contributed by atoms with E-state index in [1.807, 2.05) is 0 Å². The van der Waals surface area contributed by atoms with Gasteiger partial charge in [0.05, 0.1) is 6.61 Å². The minimum absolute atomic E-state index is 0.00789. The maximum absolute atomic E-state index is 12.1. The highest BCUT2D eigenvalue weighted by Gasteiger charge is 2.25. The van der Waals surface area contributed by atoms with Crippen molar-refractivity contribution in [3.05, 3.63) is 0 Å². The Kier molecular flexibility index (Phi) is 8.88. The van der Waals surface area contributed by atoms with Crippen LogP contribution in [0.3, 0.4) is 0 Å². The van der Waals surface area contributed by atoms with E-state index < -0.39 is 12.6 Å². The van der Waals surface area contributed by atoms with Gasteiger partial charge in [0, 0.05) is 46.1 Å². The molecule has 1 unspecified atom stereocenters. The molecule has 0 radical (unpaired) electrons. The van der Waals surface area contributed by atoms with E-state index in [2.05, 4.69) is 15.6 Å². The Labute approximate surface area is 140 Å². The van der Waals surface area contributed by atoms with Crippen LogP contribution in [0.1, 0.15) is 25.7 Å². The van der Waals surface area contributed by atoms with Crippen LogP contribution in [0, 0.1) is 5.92 Å². The van der Waals surface area contributed by atoms with Crippen LogP contribution in [0.2, 0.25) is 0 Å². The molecule has 1 aliphatic heterocycles. The molecule has 1 aliphatic rings. The van der Waals surface area contributed by atoms with E-state index in [0.717, 1.165) is 13.0 Å². The first-order valence-electron chi connectivity index (χ1n) is 8.15. The van der Waals surface area contributed by atoms with E-state index in [-0.39, 0.29) is 18.9 Å². The summed E-state index contributed by atoms with van der Waals surface area (Å²) in [5.41, 5.74) is 0. The third kappa shape index (κ3) is 9.59. The number of ether oxygens (including phenoxy) is 1. The number of alkyl halides is 3. The third-order valence-corrected chi connectivity index (χ3v) is 3.63. The zero-order valence-corrected chi connectivity index (χ0v) is 14.3. The van der Waals surface area contributed by atoms with Crippen LogP contribution >= 0.6 is 0 Å². The number of likely N-dealkylation sites (N-methyl/N-ethyl adjacent to an activating group) is 1. The molecule has 140 valence electrons. The van der Waals surface area contributed by atoms with E-state index in [9.17, 15) is 18.0 Å². The number of nitrogens with zero attached hydrogens (tertiary/aromatic N) is 2. The molecule has 24 heavy (non-hydrogen) atoms. The largest absolute Gasteiger partial charge is 0.389 e. The Morgan fingerprint density at radius 2 is 2.04 bits per heavy atom. The topological polar surface area (TPSA) is 66.0 Å². The van der Waals surface area contributed by atoms with E-state index in [0.29, 0.717) is 38.0 Å². The lowest BCUT2D eigenvalue weighted by Gasteiger charge is -2.16. The van der Waals surface area contributed by atoms with Gasteiger partial charge in [0.15, 0.2) is 5.96 Å². The Morgan fingerprint density at radius 1 is 1.29 bits per heavy atom. The van der Waals surface area contributed by atoms with Gasteiger partial charge in [0.25, 0.3) is 0 Å². The fraction of sp³-hybridized carbons (Fsp3) is 0.867. The number of guanidine groups is 1. The fourth-order valence-corrected chi connectivity index (χ4v) is 2.10. The molecule has 1 amide bonds. The first-order chi connectivity index (χ1) is 11.3. The Balaban J connectivity index is 2.38.